The van der Waals surface area contributed by atoms with E-state index in [4.69, 9.17) is 16.3 Å². The Labute approximate surface area is 188 Å². The minimum atomic E-state index is -0.618. The van der Waals surface area contributed by atoms with Gasteiger partial charge in [-0.05, 0) is 49.7 Å². The molecule has 0 saturated heterocycles. The second-order valence-corrected chi connectivity index (χ2v) is 7.85. The first-order valence-electron chi connectivity index (χ1n) is 9.39. The van der Waals surface area contributed by atoms with Crippen molar-refractivity contribution in [2.45, 2.75) is 13.8 Å². The summed E-state index contributed by atoms with van der Waals surface area (Å²) in [4.78, 5) is 38.1. The standard InChI is InChI=1S/C22H20ClN3O4S/c1-3-30-21(28)17-13(2)18(19(27)24-15-9-5-4-6-10-15)31-20(17)26-22(29)25-16-11-7-8-14(23)12-16/h4-12H,3H2,1-2H3,(H,24,27)(H2,25,26,29). The highest BCUT2D eigenvalue weighted by Gasteiger charge is 2.26. The third kappa shape index (κ3) is 5.62. The van der Waals surface area contributed by atoms with Gasteiger partial charge in [-0.2, -0.15) is 0 Å². The van der Waals surface area contributed by atoms with Crippen LogP contribution in [0.25, 0.3) is 0 Å². The van der Waals surface area contributed by atoms with Crippen molar-refractivity contribution in [3.05, 3.63) is 75.6 Å². The first-order valence-corrected chi connectivity index (χ1v) is 10.6. The van der Waals surface area contributed by atoms with Crippen LogP contribution in [0.1, 0.15) is 32.5 Å². The van der Waals surface area contributed by atoms with Gasteiger partial charge in [0.05, 0.1) is 17.0 Å². The lowest BCUT2D eigenvalue weighted by Crippen LogP contribution is -2.20. The van der Waals surface area contributed by atoms with Crippen molar-refractivity contribution in [2.75, 3.05) is 22.6 Å². The van der Waals surface area contributed by atoms with Crippen LogP contribution < -0.4 is 16.0 Å². The van der Waals surface area contributed by atoms with Crippen LogP contribution in [0.2, 0.25) is 5.02 Å². The van der Waals surface area contributed by atoms with Gasteiger partial charge in [0.1, 0.15) is 5.00 Å². The zero-order valence-electron chi connectivity index (χ0n) is 16.8. The SMILES string of the molecule is CCOC(=O)c1c(NC(=O)Nc2cccc(Cl)c2)sc(C(=O)Nc2ccccc2)c1C. The highest BCUT2D eigenvalue weighted by Crippen LogP contribution is 2.34. The van der Waals surface area contributed by atoms with Crippen molar-refractivity contribution in [1.29, 1.82) is 0 Å². The number of carbonyl (C=O) groups is 3. The number of esters is 1. The van der Waals surface area contributed by atoms with Crippen LogP contribution >= 0.6 is 22.9 Å². The number of para-hydroxylation sites is 1. The predicted octanol–water partition coefficient (Wildman–Crippen LogP) is 5.78. The maximum atomic E-state index is 12.8. The van der Waals surface area contributed by atoms with E-state index in [-0.39, 0.29) is 23.1 Å². The molecule has 0 unspecified atom stereocenters. The molecule has 0 bridgehead atoms. The van der Waals surface area contributed by atoms with Gasteiger partial charge in [-0.15, -0.1) is 11.3 Å². The van der Waals surface area contributed by atoms with Gasteiger partial charge in [0.2, 0.25) is 0 Å². The van der Waals surface area contributed by atoms with E-state index in [1.807, 2.05) is 6.07 Å². The molecule has 7 nitrogen and oxygen atoms in total. The van der Waals surface area contributed by atoms with Crippen molar-refractivity contribution in [1.82, 2.24) is 0 Å². The molecule has 3 rings (SSSR count). The molecular weight excluding hydrogens is 438 g/mol. The number of amides is 3. The van der Waals surface area contributed by atoms with Gasteiger partial charge in [0, 0.05) is 16.4 Å². The molecule has 1 aromatic heterocycles. The van der Waals surface area contributed by atoms with Crippen molar-refractivity contribution in [2.24, 2.45) is 0 Å². The van der Waals surface area contributed by atoms with E-state index in [9.17, 15) is 14.4 Å². The molecule has 0 aliphatic heterocycles. The Morgan fingerprint density at radius 3 is 2.35 bits per heavy atom. The molecule has 9 heteroatoms. The summed E-state index contributed by atoms with van der Waals surface area (Å²) in [5.41, 5.74) is 1.67. The number of carbonyl (C=O) groups excluding carboxylic acids is 3. The number of nitrogens with one attached hydrogen (secondary N) is 3. The summed E-state index contributed by atoms with van der Waals surface area (Å²) >= 11 is 6.94. The first kappa shape index (κ1) is 22.3. The number of halogens is 1. The van der Waals surface area contributed by atoms with Gasteiger partial charge in [-0.3, -0.25) is 10.1 Å². The van der Waals surface area contributed by atoms with Crippen LogP contribution in [-0.4, -0.2) is 24.5 Å². The van der Waals surface area contributed by atoms with E-state index in [0.29, 0.717) is 26.8 Å². The summed E-state index contributed by atoms with van der Waals surface area (Å²) in [6.45, 7) is 3.48. The summed E-state index contributed by atoms with van der Waals surface area (Å²) < 4.78 is 5.12. The largest absolute Gasteiger partial charge is 0.462 e. The van der Waals surface area contributed by atoms with Crippen molar-refractivity contribution >= 4 is 57.2 Å². The molecule has 0 aliphatic rings. The fourth-order valence-electron chi connectivity index (χ4n) is 2.81. The average Bonchev–Trinajstić information content (AvgIpc) is 3.04. The molecule has 0 fully saturated rings. The molecule has 3 aromatic rings. The van der Waals surface area contributed by atoms with Crippen molar-refractivity contribution < 1.29 is 19.1 Å². The highest BCUT2D eigenvalue weighted by molar-refractivity contribution is 7.19. The van der Waals surface area contributed by atoms with Crippen LogP contribution in [0.4, 0.5) is 21.2 Å². The lowest BCUT2D eigenvalue weighted by molar-refractivity contribution is 0.0527. The molecule has 160 valence electrons. The third-order valence-corrected chi connectivity index (χ3v) is 5.61. The van der Waals surface area contributed by atoms with E-state index in [2.05, 4.69) is 16.0 Å². The van der Waals surface area contributed by atoms with Gasteiger partial charge < -0.3 is 15.4 Å². The summed E-state index contributed by atoms with van der Waals surface area (Å²) in [6.07, 6.45) is 0. The minimum Gasteiger partial charge on any atom is -0.462 e. The van der Waals surface area contributed by atoms with Crippen LogP contribution in [0.3, 0.4) is 0 Å². The Morgan fingerprint density at radius 1 is 0.968 bits per heavy atom. The zero-order chi connectivity index (χ0) is 22.4. The Balaban J connectivity index is 1.87. The van der Waals surface area contributed by atoms with E-state index >= 15 is 0 Å². The smallest absolute Gasteiger partial charge is 0.341 e. The second kappa shape index (κ2) is 10.1. The number of hydrogen-bond acceptors (Lipinski definition) is 5. The molecule has 0 radical (unpaired) electrons. The lowest BCUT2D eigenvalue weighted by atomic mass is 10.1. The van der Waals surface area contributed by atoms with Crippen LogP contribution in [-0.2, 0) is 4.74 Å². The Hall–Kier alpha value is -3.36. The summed E-state index contributed by atoms with van der Waals surface area (Å²) in [5.74, 6) is -1.00. The summed E-state index contributed by atoms with van der Waals surface area (Å²) in [6, 6.07) is 15.0. The fraction of sp³-hybridized carbons (Fsp3) is 0.136. The average molecular weight is 458 g/mol. The fourth-order valence-corrected chi connectivity index (χ4v) is 4.08. The molecule has 0 saturated carbocycles. The molecule has 3 amide bonds. The normalized spacial score (nSPS) is 10.3. The maximum absolute atomic E-state index is 12.8. The van der Waals surface area contributed by atoms with E-state index in [1.54, 1.807) is 62.4 Å². The Kier molecular flexibility index (Phi) is 7.28. The maximum Gasteiger partial charge on any atom is 0.341 e. The van der Waals surface area contributed by atoms with E-state index in [1.165, 1.54) is 0 Å². The third-order valence-electron chi connectivity index (χ3n) is 4.17. The molecular formula is C22H20ClN3O4S. The van der Waals surface area contributed by atoms with Gasteiger partial charge in [-0.1, -0.05) is 35.9 Å². The van der Waals surface area contributed by atoms with Gasteiger partial charge in [-0.25, -0.2) is 9.59 Å². The topological polar surface area (TPSA) is 96.5 Å². The number of anilines is 3. The highest BCUT2D eigenvalue weighted by atomic mass is 35.5. The number of rotatable bonds is 6. The summed E-state index contributed by atoms with van der Waals surface area (Å²) in [7, 11) is 0. The van der Waals surface area contributed by atoms with Gasteiger partial charge in [0.25, 0.3) is 5.91 Å². The summed E-state index contributed by atoms with van der Waals surface area (Å²) in [5, 5.41) is 8.76. The Morgan fingerprint density at radius 2 is 1.68 bits per heavy atom. The van der Waals surface area contributed by atoms with E-state index < -0.39 is 12.0 Å². The molecule has 0 aliphatic carbocycles. The molecule has 0 atom stereocenters. The number of benzene rings is 2. The second-order valence-electron chi connectivity index (χ2n) is 6.39. The number of thiophene rings is 1. The minimum absolute atomic E-state index is 0.145. The Bertz CT molecular complexity index is 1120. The molecule has 1 heterocycles. The first-order chi connectivity index (χ1) is 14.9. The van der Waals surface area contributed by atoms with Gasteiger partial charge in [0.15, 0.2) is 0 Å². The number of urea groups is 1. The van der Waals surface area contributed by atoms with Crippen LogP contribution in [0.15, 0.2) is 54.6 Å². The predicted molar refractivity (Wildman–Crippen MR) is 124 cm³/mol. The van der Waals surface area contributed by atoms with Crippen molar-refractivity contribution in [3.63, 3.8) is 0 Å². The van der Waals surface area contributed by atoms with Crippen molar-refractivity contribution in [3.8, 4) is 0 Å². The van der Waals surface area contributed by atoms with Crippen LogP contribution in [0, 0.1) is 6.92 Å². The lowest BCUT2D eigenvalue weighted by Gasteiger charge is -2.09. The van der Waals surface area contributed by atoms with Crippen LogP contribution in [0.5, 0.6) is 0 Å². The molecule has 3 N–H and O–H groups in total. The van der Waals surface area contributed by atoms with Gasteiger partial charge >= 0.3 is 12.0 Å². The number of ether oxygens (including phenoxy) is 1. The zero-order valence-corrected chi connectivity index (χ0v) is 18.4. The molecule has 31 heavy (non-hydrogen) atoms. The number of hydrogen-bond donors (Lipinski definition) is 3. The monoisotopic (exact) mass is 457 g/mol. The van der Waals surface area contributed by atoms with E-state index in [0.717, 1.165) is 11.3 Å². The quantitative estimate of drug-likeness (QED) is 0.408. The molecule has 2 aromatic carbocycles. The molecule has 0 spiro atoms.